The highest BCUT2D eigenvalue weighted by Gasteiger charge is 2.27. The molecule has 1 fully saturated rings. The van der Waals surface area contributed by atoms with Gasteiger partial charge in [0.15, 0.2) is 16.6 Å². The van der Waals surface area contributed by atoms with Gasteiger partial charge in [0.2, 0.25) is 0 Å². The third-order valence-corrected chi connectivity index (χ3v) is 5.97. The summed E-state index contributed by atoms with van der Waals surface area (Å²) in [7, 11) is 4.64. The number of thiazole rings is 1. The normalized spacial score (nSPS) is 14.2. The van der Waals surface area contributed by atoms with Crippen LogP contribution < -0.4 is 19.1 Å². The average molecular weight is 414 g/mol. The van der Waals surface area contributed by atoms with Crippen LogP contribution in [-0.4, -0.2) is 68.3 Å². The van der Waals surface area contributed by atoms with Gasteiger partial charge >= 0.3 is 0 Å². The molecule has 0 unspecified atom stereocenters. The van der Waals surface area contributed by atoms with Gasteiger partial charge in [-0.3, -0.25) is 4.79 Å². The number of hydrogen-bond donors (Lipinski definition) is 0. The van der Waals surface area contributed by atoms with E-state index in [0.717, 1.165) is 15.5 Å². The third kappa shape index (κ3) is 3.65. The van der Waals surface area contributed by atoms with E-state index in [0.29, 0.717) is 49.0 Å². The molecule has 0 spiro atoms. The second-order valence-corrected chi connectivity index (χ2v) is 7.47. The van der Waals surface area contributed by atoms with E-state index in [2.05, 4.69) is 14.9 Å². The van der Waals surface area contributed by atoms with E-state index < -0.39 is 0 Å². The first-order chi connectivity index (χ1) is 14.1. The molecule has 0 radical (unpaired) electrons. The summed E-state index contributed by atoms with van der Waals surface area (Å²) < 4.78 is 16.1. The lowest BCUT2D eigenvalue weighted by atomic mass is 10.1. The van der Waals surface area contributed by atoms with E-state index in [1.165, 1.54) is 7.11 Å². The van der Waals surface area contributed by atoms with Crippen molar-refractivity contribution >= 4 is 32.7 Å². The average Bonchev–Trinajstić information content (AvgIpc) is 3.22. The first-order valence-corrected chi connectivity index (χ1v) is 10.0. The van der Waals surface area contributed by atoms with Crippen molar-refractivity contribution in [2.45, 2.75) is 0 Å². The van der Waals surface area contributed by atoms with Crippen molar-refractivity contribution in [3.63, 3.8) is 0 Å². The van der Waals surface area contributed by atoms with Gasteiger partial charge in [-0.2, -0.15) is 0 Å². The van der Waals surface area contributed by atoms with E-state index >= 15 is 0 Å². The van der Waals surface area contributed by atoms with Crippen LogP contribution in [0.3, 0.4) is 0 Å². The molecule has 1 aromatic carbocycles. The number of pyridine rings is 1. The lowest BCUT2D eigenvalue weighted by Crippen LogP contribution is -2.48. The van der Waals surface area contributed by atoms with Crippen LogP contribution in [0.1, 0.15) is 10.4 Å². The summed E-state index contributed by atoms with van der Waals surface area (Å²) in [6.07, 6.45) is 1.78. The first-order valence-electron chi connectivity index (χ1n) is 9.20. The lowest BCUT2D eigenvalue weighted by molar-refractivity contribution is 0.0743. The van der Waals surface area contributed by atoms with Crippen LogP contribution in [-0.2, 0) is 0 Å². The molecule has 1 saturated heterocycles. The Morgan fingerprint density at radius 3 is 2.34 bits per heavy atom. The fourth-order valence-corrected chi connectivity index (χ4v) is 4.32. The quantitative estimate of drug-likeness (QED) is 0.635. The van der Waals surface area contributed by atoms with E-state index in [9.17, 15) is 4.79 Å². The largest absolute Gasteiger partial charge is 0.496 e. The minimum Gasteiger partial charge on any atom is -0.496 e. The van der Waals surface area contributed by atoms with Gasteiger partial charge in [-0.15, -0.1) is 0 Å². The van der Waals surface area contributed by atoms with Crippen molar-refractivity contribution < 1.29 is 19.0 Å². The van der Waals surface area contributed by atoms with Crippen LogP contribution in [0.15, 0.2) is 30.5 Å². The van der Waals surface area contributed by atoms with Crippen LogP contribution in [0.2, 0.25) is 0 Å². The van der Waals surface area contributed by atoms with Crippen molar-refractivity contribution in [2.75, 3.05) is 52.4 Å². The van der Waals surface area contributed by atoms with Gasteiger partial charge in [0.25, 0.3) is 5.91 Å². The number of fused-ring (bicyclic) bond motifs is 1. The monoisotopic (exact) mass is 414 g/mol. The van der Waals surface area contributed by atoms with Crippen molar-refractivity contribution in [3.05, 3.63) is 36.0 Å². The second kappa shape index (κ2) is 8.12. The first kappa shape index (κ1) is 19.3. The summed E-state index contributed by atoms with van der Waals surface area (Å²) in [6, 6.07) is 7.20. The maximum atomic E-state index is 13.1. The number of amides is 1. The number of aromatic nitrogens is 2. The number of rotatable bonds is 5. The number of anilines is 1. The zero-order valence-electron chi connectivity index (χ0n) is 16.5. The van der Waals surface area contributed by atoms with E-state index in [4.69, 9.17) is 14.2 Å². The Morgan fingerprint density at radius 2 is 1.69 bits per heavy atom. The highest BCUT2D eigenvalue weighted by molar-refractivity contribution is 7.21. The number of piperazine rings is 1. The summed E-state index contributed by atoms with van der Waals surface area (Å²) in [5.74, 6) is 1.40. The van der Waals surface area contributed by atoms with Crippen molar-refractivity contribution in [3.8, 4) is 17.2 Å². The molecule has 0 atom stereocenters. The summed E-state index contributed by atoms with van der Waals surface area (Å²) in [5.41, 5.74) is 1.36. The van der Waals surface area contributed by atoms with Gasteiger partial charge in [0.05, 0.1) is 26.9 Å². The molecule has 3 aromatic rings. The highest BCUT2D eigenvalue weighted by atomic mass is 32.1. The Bertz CT molecular complexity index is 997. The molecule has 0 N–H and O–H groups in total. The van der Waals surface area contributed by atoms with E-state index in [-0.39, 0.29) is 5.91 Å². The molecule has 1 amide bonds. The molecule has 4 rings (SSSR count). The molecular weight excluding hydrogens is 392 g/mol. The summed E-state index contributed by atoms with van der Waals surface area (Å²) >= 11 is 1.57. The van der Waals surface area contributed by atoms with Crippen LogP contribution >= 0.6 is 11.3 Å². The molecule has 0 bridgehead atoms. The molecule has 152 valence electrons. The zero-order valence-corrected chi connectivity index (χ0v) is 17.4. The number of benzene rings is 1. The van der Waals surface area contributed by atoms with Crippen LogP contribution in [0.25, 0.3) is 10.3 Å². The van der Waals surface area contributed by atoms with Crippen LogP contribution in [0, 0.1) is 0 Å². The molecule has 2 aromatic heterocycles. The van der Waals surface area contributed by atoms with Gasteiger partial charge in [-0.1, -0.05) is 11.3 Å². The second-order valence-electron chi connectivity index (χ2n) is 6.51. The van der Waals surface area contributed by atoms with Gasteiger partial charge < -0.3 is 24.0 Å². The highest BCUT2D eigenvalue weighted by Crippen LogP contribution is 2.35. The van der Waals surface area contributed by atoms with Crippen molar-refractivity contribution in [1.29, 1.82) is 0 Å². The third-order valence-electron chi connectivity index (χ3n) is 4.93. The number of nitrogens with zero attached hydrogens (tertiary/aromatic N) is 4. The topological polar surface area (TPSA) is 77.0 Å². The molecule has 8 nitrogen and oxygen atoms in total. The summed E-state index contributed by atoms with van der Waals surface area (Å²) in [5, 5.41) is 0.939. The molecule has 0 aliphatic carbocycles. The van der Waals surface area contributed by atoms with Gasteiger partial charge in [0.1, 0.15) is 16.1 Å². The van der Waals surface area contributed by atoms with Gasteiger partial charge in [-0.25, -0.2) is 9.97 Å². The number of carbonyl (C=O) groups is 1. The Hall–Kier alpha value is -3.07. The van der Waals surface area contributed by atoms with Crippen molar-refractivity contribution in [1.82, 2.24) is 14.9 Å². The standard InChI is InChI=1S/C20H22N4O4S/c1-26-15-12-17(28-3)16(27-2)11-13(15)19(25)23-7-9-24(10-8-23)20-22-14-5-4-6-21-18(14)29-20/h4-6,11-12H,7-10H2,1-3H3. The molecule has 0 saturated carbocycles. The number of carbonyl (C=O) groups excluding carboxylic acids is 1. The Balaban J connectivity index is 1.50. The molecule has 1 aliphatic heterocycles. The minimum atomic E-state index is -0.0894. The van der Waals surface area contributed by atoms with Crippen LogP contribution in [0.5, 0.6) is 17.2 Å². The molecular formula is C20H22N4O4S. The van der Waals surface area contributed by atoms with Crippen LogP contribution in [0.4, 0.5) is 5.13 Å². The van der Waals surface area contributed by atoms with Gasteiger partial charge in [0, 0.05) is 44.5 Å². The maximum absolute atomic E-state index is 13.1. The number of hydrogen-bond acceptors (Lipinski definition) is 8. The molecule has 1 aliphatic rings. The van der Waals surface area contributed by atoms with E-state index in [1.807, 2.05) is 17.0 Å². The summed E-state index contributed by atoms with van der Waals surface area (Å²) in [4.78, 5) is 27.1. The molecule has 3 heterocycles. The Kier molecular flexibility index (Phi) is 5.39. The number of methoxy groups -OCH3 is 3. The lowest BCUT2D eigenvalue weighted by Gasteiger charge is -2.34. The van der Waals surface area contributed by atoms with Gasteiger partial charge in [-0.05, 0) is 12.1 Å². The minimum absolute atomic E-state index is 0.0894. The Labute approximate surface area is 172 Å². The maximum Gasteiger partial charge on any atom is 0.257 e. The fourth-order valence-electron chi connectivity index (χ4n) is 3.36. The molecule has 9 heteroatoms. The number of ether oxygens (including phenoxy) is 3. The summed E-state index contributed by atoms with van der Waals surface area (Å²) in [6.45, 7) is 2.61. The molecule has 29 heavy (non-hydrogen) atoms. The SMILES string of the molecule is COc1cc(OC)c(C(=O)N2CCN(c3nc4cccnc4s3)CC2)cc1OC. The smallest absolute Gasteiger partial charge is 0.257 e. The van der Waals surface area contributed by atoms with E-state index in [1.54, 1.807) is 43.9 Å². The Morgan fingerprint density at radius 1 is 1.00 bits per heavy atom. The fraction of sp³-hybridized carbons (Fsp3) is 0.350. The van der Waals surface area contributed by atoms with Crippen molar-refractivity contribution in [2.24, 2.45) is 0 Å². The predicted octanol–water partition coefficient (Wildman–Crippen LogP) is 2.68. The predicted molar refractivity (Wildman–Crippen MR) is 112 cm³/mol. The zero-order chi connectivity index (χ0) is 20.4.